The van der Waals surface area contributed by atoms with Gasteiger partial charge < -0.3 is 16.2 Å². The van der Waals surface area contributed by atoms with Crippen molar-refractivity contribution < 1.29 is 9.90 Å². The Labute approximate surface area is 182 Å². The Balaban J connectivity index is 1.88. The van der Waals surface area contributed by atoms with Gasteiger partial charge in [0, 0.05) is 31.2 Å². The predicted molar refractivity (Wildman–Crippen MR) is 124 cm³/mol. The van der Waals surface area contributed by atoms with Gasteiger partial charge in [0.15, 0.2) is 0 Å². The second-order valence-corrected chi connectivity index (χ2v) is 7.78. The number of hydrogen-bond acceptors (Lipinski definition) is 5. The van der Waals surface area contributed by atoms with Crippen LogP contribution in [0.25, 0.3) is 11.1 Å². The molecule has 1 atom stereocenters. The molecule has 2 aromatic heterocycles. The molecular formula is C24H29N5O2. The number of allylic oxidation sites excluding steroid dienone is 1. The van der Waals surface area contributed by atoms with Crippen molar-refractivity contribution in [3.63, 3.8) is 0 Å². The average molecular weight is 420 g/mol. The van der Waals surface area contributed by atoms with E-state index in [4.69, 9.17) is 5.73 Å². The van der Waals surface area contributed by atoms with E-state index in [2.05, 4.69) is 15.4 Å². The standard InChI is InChI=1S/C24H29N5O2/c1-16(2)22(15-30)27-24(31)21-12-19(23-5-4-10-29(23)28-21)11-17-6-8-18(9-7-17)20(13-25)14-26-3/h4-10,12-14,16,22,30H,11,15,25H2,1-3H3,(H,27,31)/b20-13+,26-14?. The molecule has 0 saturated carbocycles. The van der Waals surface area contributed by atoms with Crippen LogP contribution in [0.2, 0.25) is 0 Å². The summed E-state index contributed by atoms with van der Waals surface area (Å²) in [6.45, 7) is 3.79. The van der Waals surface area contributed by atoms with E-state index in [1.165, 1.54) is 6.20 Å². The number of amides is 1. The zero-order valence-corrected chi connectivity index (χ0v) is 18.1. The van der Waals surface area contributed by atoms with Crippen LogP contribution in [-0.2, 0) is 6.42 Å². The average Bonchev–Trinajstić information content (AvgIpc) is 3.25. The summed E-state index contributed by atoms with van der Waals surface area (Å²) in [4.78, 5) is 16.8. The van der Waals surface area contributed by atoms with Gasteiger partial charge in [0.2, 0.25) is 0 Å². The van der Waals surface area contributed by atoms with Crippen LogP contribution in [0.1, 0.15) is 41.0 Å². The van der Waals surface area contributed by atoms with Crippen LogP contribution >= 0.6 is 0 Å². The number of hydrogen-bond donors (Lipinski definition) is 3. The number of aromatic nitrogens is 2. The third-order valence-electron chi connectivity index (χ3n) is 5.26. The fourth-order valence-corrected chi connectivity index (χ4v) is 3.40. The van der Waals surface area contributed by atoms with Crippen molar-refractivity contribution in [1.82, 2.24) is 14.9 Å². The Kier molecular flexibility index (Phi) is 7.20. The number of nitrogens with one attached hydrogen (secondary N) is 1. The third kappa shape index (κ3) is 5.19. The van der Waals surface area contributed by atoms with Crippen molar-refractivity contribution in [2.45, 2.75) is 26.3 Å². The molecular weight excluding hydrogens is 390 g/mol. The summed E-state index contributed by atoms with van der Waals surface area (Å²) in [6, 6.07) is 13.5. The molecule has 4 N–H and O–H groups in total. The van der Waals surface area contributed by atoms with Crippen LogP contribution in [0.5, 0.6) is 0 Å². The molecule has 0 aliphatic heterocycles. The number of aliphatic hydroxyl groups excluding tert-OH is 1. The third-order valence-corrected chi connectivity index (χ3v) is 5.26. The first kappa shape index (κ1) is 22.2. The zero-order valence-electron chi connectivity index (χ0n) is 18.1. The van der Waals surface area contributed by atoms with Gasteiger partial charge in [-0.25, -0.2) is 4.52 Å². The molecule has 7 nitrogen and oxygen atoms in total. The van der Waals surface area contributed by atoms with Gasteiger partial charge >= 0.3 is 0 Å². The SMILES string of the molecule is CN=C/C(=C\N)c1ccc(Cc2cc(C(=O)NC(CO)C(C)C)nn3cccc23)cc1. The van der Waals surface area contributed by atoms with Crippen LogP contribution in [0.15, 0.2) is 59.9 Å². The number of carbonyl (C=O) groups excluding carboxylic acids is 1. The number of rotatable bonds is 8. The van der Waals surface area contributed by atoms with Crippen LogP contribution in [0.4, 0.5) is 0 Å². The topological polar surface area (TPSA) is 105 Å². The molecule has 1 amide bonds. The van der Waals surface area contributed by atoms with Crippen molar-refractivity contribution in [2.24, 2.45) is 16.6 Å². The van der Waals surface area contributed by atoms with Crippen LogP contribution in [-0.4, -0.2) is 46.5 Å². The van der Waals surface area contributed by atoms with E-state index in [1.54, 1.807) is 17.8 Å². The number of carbonyl (C=O) groups is 1. The minimum Gasteiger partial charge on any atom is -0.404 e. The van der Waals surface area contributed by atoms with E-state index in [1.807, 2.05) is 62.5 Å². The lowest BCUT2D eigenvalue weighted by atomic mass is 10.0. The fourth-order valence-electron chi connectivity index (χ4n) is 3.40. The van der Waals surface area contributed by atoms with E-state index in [0.717, 1.165) is 27.8 Å². The van der Waals surface area contributed by atoms with E-state index >= 15 is 0 Å². The number of fused-ring (bicyclic) bond motifs is 1. The van der Waals surface area contributed by atoms with Gasteiger partial charge in [-0.05, 0) is 47.2 Å². The number of aliphatic hydroxyl groups is 1. The Morgan fingerprint density at radius 1 is 1.29 bits per heavy atom. The fraction of sp³-hybridized carbons (Fsp3) is 0.292. The second-order valence-electron chi connectivity index (χ2n) is 7.78. The lowest BCUT2D eigenvalue weighted by molar-refractivity contribution is 0.0890. The molecule has 0 fully saturated rings. The number of nitrogens with two attached hydrogens (primary N) is 1. The van der Waals surface area contributed by atoms with Crippen molar-refractivity contribution in [3.05, 3.63) is 77.2 Å². The summed E-state index contributed by atoms with van der Waals surface area (Å²) in [5, 5.41) is 16.8. The normalized spacial score (nSPS) is 13.3. The summed E-state index contributed by atoms with van der Waals surface area (Å²) >= 11 is 0. The van der Waals surface area contributed by atoms with Gasteiger partial charge in [0.05, 0.1) is 18.2 Å². The van der Waals surface area contributed by atoms with Gasteiger partial charge in [0.1, 0.15) is 5.69 Å². The molecule has 3 rings (SSSR count). The van der Waals surface area contributed by atoms with Crippen LogP contribution in [0.3, 0.4) is 0 Å². The predicted octanol–water partition coefficient (Wildman–Crippen LogP) is 2.67. The Morgan fingerprint density at radius 3 is 2.65 bits per heavy atom. The first-order valence-corrected chi connectivity index (χ1v) is 10.3. The molecule has 31 heavy (non-hydrogen) atoms. The van der Waals surface area contributed by atoms with Gasteiger partial charge in [0.25, 0.3) is 5.91 Å². The highest BCUT2D eigenvalue weighted by molar-refractivity contribution is 6.09. The lowest BCUT2D eigenvalue weighted by Gasteiger charge is -2.19. The molecule has 0 aliphatic rings. The lowest BCUT2D eigenvalue weighted by Crippen LogP contribution is -2.41. The summed E-state index contributed by atoms with van der Waals surface area (Å²) < 4.78 is 1.72. The minimum absolute atomic E-state index is 0.115. The zero-order chi connectivity index (χ0) is 22.4. The maximum absolute atomic E-state index is 12.8. The molecule has 3 aromatic rings. The molecule has 2 heterocycles. The maximum Gasteiger partial charge on any atom is 0.272 e. The molecule has 0 aliphatic carbocycles. The van der Waals surface area contributed by atoms with Crippen molar-refractivity contribution in [1.29, 1.82) is 0 Å². The molecule has 1 unspecified atom stereocenters. The van der Waals surface area contributed by atoms with Gasteiger partial charge in [-0.15, -0.1) is 0 Å². The first-order chi connectivity index (χ1) is 15.0. The summed E-state index contributed by atoms with van der Waals surface area (Å²) in [5.74, 6) is -0.177. The molecule has 0 saturated heterocycles. The highest BCUT2D eigenvalue weighted by atomic mass is 16.3. The number of aliphatic imine (C=N–C) groups is 1. The minimum atomic E-state index is -0.317. The molecule has 0 bridgehead atoms. The van der Waals surface area contributed by atoms with E-state index < -0.39 is 0 Å². The van der Waals surface area contributed by atoms with Crippen LogP contribution < -0.4 is 11.1 Å². The molecule has 162 valence electrons. The molecule has 7 heteroatoms. The van der Waals surface area contributed by atoms with Crippen molar-refractivity contribution in [2.75, 3.05) is 13.7 Å². The first-order valence-electron chi connectivity index (χ1n) is 10.3. The van der Waals surface area contributed by atoms with Crippen molar-refractivity contribution >= 4 is 23.2 Å². The van der Waals surface area contributed by atoms with Gasteiger partial charge in [-0.2, -0.15) is 5.10 Å². The molecule has 0 spiro atoms. The highest BCUT2D eigenvalue weighted by Gasteiger charge is 2.19. The summed E-state index contributed by atoms with van der Waals surface area (Å²) in [5.41, 5.74) is 10.9. The van der Waals surface area contributed by atoms with E-state index in [-0.39, 0.29) is 24.5 Å². The Bertz CT molecular complexity index is 1100. The second kappa shape index (κ2) is 10.0. The highest BCUT2D eigenvalue weighted by Crippen LogP contribution is 2.19. The van der Waals surface area contributed by atoms with E-state index in [9.17, 15) is 9.90 Å². The van der Waals surface area contributed by atoms with E-state index in [0.29, 0.717) is 12.1 Å². The van der Waals surface area contributed by atoms with Gasteiger partial charge in [-0.3, -0.25) is 9.79 Å². The largest absolute Gasteiger partial charge is 0.404 e. The van der Waals surface area contributed by atoms with Crippen LogP contribution in [0, 0.1) is 5.92 Å². The monoisotopic (exact) mass is 419 g/mol. The number of benzene rings is 1. The maximum atomic E-state index is 12.8. The summed E-state index contributed by atoms with van der Waals surface area (Å²) in [6.07, 6.45) is 5.74. The quantitative estimate of drug-likeness (QED) is 0.488. The van der Waals surface area contributed by atoms with Gasteiger partial charge in [-0.1, -0.05) is 38.1 Å². The number of nitrogens with zero attached hydrogens (tertiary/aromatic N) is 3. The Morgan fingerprint density at radius 2 is 2.03 bits per heavy atom. The molecule has 1 aromatic carbocycles. The Hall–Kier alpha value is -3.45. The smallest absolute Gasteiger partial charge is 0.272 e. The summed E-state index contributed by atoms with van der Waals surface area (Å²) in [7, 11) is 1.71. The van der Waals surface area contributed by atoms with Crippen molar-refractivity contribution in [3.8, 4) is 0 Å². The molecule has 0 radical (unpaired) electrons.